The average molecular weight is 299 g/mol. The van der Waals surface area contributed by atoms with Crippen LogP contribution in [-0.2, 0) is 21.2 Å². The number of fused-ring (bicyclic) bond motifs is 1. The lowest BCUT2D eigenvalue weighted by Gasteiger charge is -2.18. The van der Waals surface area contributed by atoms with Crippen LogP contribution in [0.5, 0.6) is 0 Å². The molecule has 0 aromatic heterocycles. The number of nitrogens with one attached hydrogen (secondary N) is 1. The smallest absolute Gasteiger partial charge is 0.214 e. The van der Waals surface area contributed by atoms with Gasteiger partial charge in [0, 0.05) is 6.42 Å². The molecule has 0 radical (unpaired) electrons. The molecule has 0 aliphatic heterocycles. The first-order chi connectivity index (χ1) is 9.39. The van der Waals surface area contributed by atoms with Crippen molar-refractivity contribution >= 4 is 10.0 Å². The van der Waals surface area contributed by atoms with E-state index in [1.807, 2.05) is 38.1 Å². The molecule has 0 bridgehead atoms. The van der Waals surface area contributed by atoms with Gasteiger partial charge in [-0.25, -0.2) is 13.1 Å². The second kappa shape index (κ2) is 6.22. The van der Waals surface area contributed by atoms with Gasteiger partial charge in [0.15, 0.2) is 0 Å². The third-order valence-electron chi connectivity index (χ3n) is 3.31. The molecule has 2 atom stereocenters. The lowest BCUT2D eigenvalue weighted by atomic mass is 10.1. The Bertz CT molecular complexity index is 556. The van der Waals surface area contributed by atoms with Gasteiger partial charge in [0.2, 0.25) is 10.0 Å². The third kappa shape index (κ3) is 3.79. The summed E-state index contributed by atoms with van der Waals surface area (Å²) in [6.07, 6.45) is -0.234. The van der Waals surface area contributed by atoms with Crippen molar-refractivity contribution in [2.45, 2.75) is 38.5 Å². The predicted molar refractivity (Wildman–Crippen MR) is 76.9 cm³/mol. The van der Waals surface area contributed by atoms with Gasteiger partial charge in [-0.15, -0.1) is 0 Å². The minimum Gasteiger partial charge on any atom is -0.391 e. The minimum absolute atomic E-state index is 0.00277. The Morgan fingerprint density at radius 1 is 1.40 bits per heavy atom. The van der Waals surface area contributed by atoms with E-state index < -0.39 is 22.2 Å². The van der Waals surface area contributed by atoms with Gasteiger partial charge in [0.25, 0.3) is 0 Å². The zero-order valence-corrected chi connectivity index (χ0v) is 12.6. The Morgan fingerprint density at radius 3 is 2.80 bits per heavy atom. The standard InChI is InChI=1S/C14H21NO4S/c1-10(2)19-7-8-20(17,18)15-14-12-6-4-3-5-11(12)9-13(14)16/h3-6,10,13-16H,7-9H2,1-2H3/t13-,14+/m0/s1. The number of hydrogen-bond acceptors (Lipinski definition) is 4. The van der Waals surface area contributed by atoms with Crippen molar-refractivity contribution in [3.05, 3.63) is 35.4 Å². The minimum atomic E-state index is -3.47. The van der Waals surface area contributed by atoms with E-state index in [-0.39, 0.29) is 18.5 Å². The van der Waals surface area contributed by atoms with E-state index in [9.17, 15) is 13.5 Å². The highest BCUT2D eigenvalue weighted by molar-refractivity contribution is 7.89. The highest BCUT2D eigenvalue weighted by Crippen LogP contribution is 2.31. The fourth-order valence-electron chi connectivity index (χ4n) is 2.36. The van der Waals surface area contributed by atoms with Gasteiger partial charge in [-0.1, -0.05) is 24.3 Å². The number of aliphatic hydroxyl groups is 1. The molecule has 5 nitrogen and oxygen atoms in total. The van der Waals surface area contributed by atoms with E-state index in [1.165, 1.54) is 0 Å². The highest BCUT2D eigenvalue weighted by atomic mass is 32.2. The summed E-state index contributed by atoms with van der Waals surface area (Å²) in [5.41, 5.74) is 1.85. The average Bonchev–Trinajstić information content (AvgIpc) is 2.65. The van der Waals surface area contributed by atoms with Crippen LogP contribution in [0.2, 0.25) is 0 Å². The predicted octanol–water partition coefficient (Wildman–Crippen LogP) is 0.989. The van der Waals surface area contributed by atoms with Crippen molar-refractivity contribution in [1.29, 1.82) is 0 Å². The van der Waals surface area contributed by atoms with Crippen LogP contribution in [0.15, 0.2) is 24.3 Å². The number of sulfonamides is 1. The van der Waals surface area contributed by atoms with Crippen molar-refractivity contribution in [3.8, 4) is 0 Å². The van der Waals surface area contributed by atoms with Crippen LogP contribution in [-0.4, -0.2) is 38.1 Å². The van der Waals surface area contributed by atoms with Crippen molar-refractivity contribution in [1.82, 2.24) is 4.72 Å². The topological polar surface area (TPSA) is 75.6 Å². The first-order valence-electron chi connectivity index (χ1n) is 6.76. The van der Waals surface area contributed by atoms with Crippen LogP contribution in [0, 0.1) is 0 Å². The maximum Gasteiger partial charge on any atom is 0.214 e. The number of rotatable bonds is 6. The summed E-state index contributed by atoms with van der Waals surface area (Å²) in [6, 6.07) is 6.94. The largest absolute Gasteiger partial charge is 0.391 e. The first kappa shape index (κ1) is 15.4. The van der Waals surface area contributed by atoms with Crippen molar-refractivity contribution in [2.75, 3.05) is 12.4 Å². The molecule has 0 fully saturated rings. The molecule has 0 unspecified atom stereocenters. The van der Waals surface area contributed by atoms with Gasteiger partial charge in [-0.3, -0.25) is 0 Å². The summed E-state index contributed by atoms with van der Waals surface area (Å²) in [4.78, 5) is 0. The molecular weight excluding hydrogens is 278 g/mol. The third-order valence-corrected chi connectivity index (χ3v) is 4.63. The molecule has 1 aromatic rings. The van der Waals surface area contributed by atoms with Gasteiger partial charge < -0.3 is 9.84 Å². The normalized spacial score (nSPS) is 22.2. The van der Waals surface area contributed by atoms with Crippen LogP contribution in [0.1, 0.15) is 31.0 Å². The van der Waals surface area contributed by atoms with E-state index in [0.29, 0.717) is 6.42 Å². The fraction of sp³-hybridized carbons (Fsp3) is 0.571. The number of aliphatic hydroxyl groups excluding tert-OH is 1. The van der Waals surface area contributed by atoms with E-state index in [2.05, 4.69) is 4.72 Å². The lowest BCUT2D eigenvalue weighted by molar-refractivity contribution is 0.0909. The zero-order valence-electron chi connectivity index (χ0n) is 11.7. The van der Waals surface area contributed by atoms with Crippen LogP contribution in [0.25, 0.3) is 0 Å². The van der Waals surface area contributed by atoms with Crippen molar-refractivity contribution < 1.29 is 18.3 Å². The molecule has 6 heteroatoms. The van der Waals surface area contributed by atoms with Crippen molar-refractivity contribution in [3.63, 3.8) is 0 Å². The quantitative estimate of drug-likeness (QED) is 0.821. The van der Waals surface area contributed by atoms with Gasteiger partial charge in [-0.2, -0.15) is 0 Å². The molecule has 0 saturated heterocycles. The summed E-state index contributed by atoms with van der Waals surface area (Å²) < 4.78 is 31.9. The molecular formula is C14H21NO4S. The summed E-state index contributed by atoms with van der Waals surface area (Å²) in [7, 11) is -3.47. The Hall–Kier alpha value is -0.950. The van der Waals surface area contributed by atoms with Gasteiger partial charge in [0.1, 0.15) is 0 Å². The van der Waals surface area contributed by atoms with Gasteiger partial charge in [-0.05, 0) is 25.0 Å². The highest BCUT2D eigenvalue weighted by Gasteiger charge is 2.33. The summed E-state index contributed by atoms with van der Waals surface area (Å²) in [5, 5.41) is 10.0. The van der Waals surface area contributed by atoms with Crippen LogP contribution < -0.4 is 4.72 Å². The van der Waals surface area contributed by atoms with E-state index in [1.54, 1.807) is 0 Å². The van der Waals surface area contributed by atoms with Crippen LogP contribution in [0.4, 0.5) is 0 Å². The second-order valence-electron chi connectivity index (χ2n) is 5.30. The molecule has 0 amide bonds. The molecule has 1 aliphatic carbocycles. The SMILES string of the molecule is CC(C)OCCS(=O)(=O)N[C@@H]1c2ccccc2C[C@@H]1O. The van der Waals surface area contributed by atoms with E-state index in [4.69, 9.17) is 4.74 Å². The molecule has 0 spiro atoms. The Labute approximate surface area is 120 Å². The Balaban J connectivity index is 2.02. The van der Waals surface area contributed by atoms with E-state index in [0.717, 1.165) is 11.1 Å². The number of benzene rings is 1. The number of hydrogen-bond donors (Lipinski definition) is 2. The second-order valence-corrected chi connectivity index (χ2v) is 7.18. The fourth-order valence-corrected chi connectivity index (χ4v) is 3.47. The Kier molecular flexibility index (Phi) is 4.80. The van der Waals surface area contributed by atoms with Crippen LogP contribution >= 0.6 is 0 Å². The van der Waals surface area contributed by atoms with Gasteiger partial charge >= 0.3 is 0 Å². The summed E-state index contributed by atoms with van der Waals surface area (Å²) >= 11 is 0. The molecule has 20 heavy (non-hydrogen) atoms. The molecule has 0 saturated carbocycles. The molecule has 1 aromatic carbocycles. The maximum absolute atomic E-state index is 12.0. The Morgan fingerprint density at radius 2 is 2.10 bits per heavy atom. The molecule has 0 heterocycles. The molecule has 1 aliphatic rings. The molecule has 112 valence electrons. The summed E-state index contributed by atoms with van der Waals surface area (Å²) in [6.45, 7) is 3.87. The van der Waals surface area contributed by atoms with Crippen molar-refractivity contribution in [2.24, 2.45) is 0 Å². The zero-order chi connectivity index (χ0) is 14.8. The first-order valence-corrected chi connectivity index (χ1v) is 8.42. The van der Waals surface area contributed by atoms with Crippen LogP contribution in [0.3, 0.4) is 0 Å². The van der Waals surface area contributed by atoms with E-state index >= 15 is 0 Å². The summed E-state index contributed by atoms with van der Waals surface area (Å²) in [5.74, 6) is -0.101. The lowest BCUT2D eigenvalue weighted by Crippen LogP contribution is -2.36. The molecule has 2 rings (SSSR count). The maximum atomic E-state index is 12.0. The molecule has 2 N–H and O–H groups in total. The van der Waals surface area contributed by atoms with Gasteiger partial charge in [0.05, 0.1) is 30.6 Å². The number of ether oxygens (including phenoxy) is 1. The monoisotopic (exact) mass is 299 g/mol.